The Kier molecular flexibility index (Phi) is 3.33. The molecule has 3 N–H and O–H groups in total. The van der Waals surface area contributed by atoms with Crippen LogP contribution in [-0.2, 0) is 11.2 Å². The highest BCUT2D eigenvalue weighted by atomic mass is 16.5. The number of primary amides is 1. The standard InChI is InChI=1S/C11H17N3O3/c1-2-7-10(15)9(11(12)16)14(13-7)8-5-3-4-6-17-8/h8,15H,2-6H2,1H3,(H2,12,16). The molecule has 0 saturated carbocycles. The molecule has 1 aliphatic heterocycles. The van der Waals surface area contributed by atoms with Crippen LogP contribution in [0.25, 0.3) is 0 Å². The zero-order chi connectivity index (χ0) is 12.4. The van der Waals surface area contributed by atoms with Gasteiger partial charge in [-0.3, -0.25) is 4.79 Å². The van der Waals surface area contributed by atoms with Crippen molar-refractivity contribution >= 4 is 5.91 Å². The second-order valence-electron chi connectivity index (χ2n) is 4.13. The third-order valence-electron chi connectivity index (χ3n) is 2.95. The number of aryl methyl sites for hydroxylation is 1. The van der Waals surface area contributed by atoms with Gasteiger partial charge in [-0.2, -0.15) is 5.10 Å². The predicted molar refractivity (Wildman–Crippen MR) is 60.6 cm³/mol. The van der Waals surface area contributed by atoms with Crippen molar-refractivity contribution in [2.75, 3.05) is 6.61 Å². The van der Waals surface area contributed by atoms with Gasteiger partial charge in [0.15, 0.2) is 17.7 Å². The normalized spacial score (nSPS) is 20.4. The first kappa shape index (κ1) is 11.9. The zero-order valence-electron chi connectivity index (χ0n) is 9.85. The molecule has 0 aliphatic carbocycles. The number of carbonyl (C=O) groups excluding carboxylic acids is 1. The summed E-state index contributed by atoms with van der Waals surface area (Å²) in [6, 6.07) is 0. The largest absolute Gasteiger partial charge is 0.504 e. The lowest BCUT2D eigenvalue weighted by atomic mass is 10.2. The van der Waals surface area contributed by atoms with E-state index in [1.54, 1.807) is 0 Å². The van der Waals surface area contributed by atoms with Crippen LogP contribution in [0.5, 0.6) is 5.75 Å². The summed E-state index contributed by atoms with van der Waals surface area (Å²) in [6.07, 6.45) is 3.06. The summed E-state index contributed by atoms with van der Waals surface area (Å²) in [4.78, 5) is 11.4. The van der Waals surface area contributed by atoms with Gasteiger partial charge in [0, 0.05) is 6.61 Å². The highest BCUT2D eigenvalue weighted by molar-refractivity contribution is 5.94. The Balaban J connectivity index is 2.40. The Bertz CT molecular complexity index is 422. The van der Waals surface area contributed by atoms with Crippen LogP contribution in [0.15, 0.2) is 0 Å². The molecule has 0 radical (unpaired) electrons. The quantitative estimate of drug-likeness (QED) is 0.821. The number of carbonyl (C=O) groups is 1. The van der Waals surface area contributed by atoms with Gasteiger partial charge < -0.3 is 15.6 Å². The highest BCUT2D eigenvalue weighted by Crippen LogP contribution is 2.29. The minimum absolute atomic E-state index is 0.0498. The van der Waals surface area contributed by atoms with E-state index in [-0.39, 0.29) is 17.7 Å². The number of aromatic nitrogens is 2. The molecular formula is C11H17N3O3. The maximum absolute atomic E-state index is 11.4. The van der Waals surface area contributed by atoms with Gasteiger partial charge in [0.2, 0.25) is 0 Å². The molecule has 1 saturated heterocycles. The second-order valence-corrected chi connectivity index (χ2v) is 4.13. The number of hydrogen-bond donors (Lipinski definition) is 2. The number of nitrogens with zero attached hydrogens (tertiary/aromatic N) is 2. The van der Waals surface area contributed by atoms with Crippen LogP contribution in [0.1, 0.15) is 48.6 Å². The fourth-order valence-corrected chi connectivity index (χ4v) is 2.07. The van der Waals surface area contributed by atoms with Crippen LogP contribution in [0, 0.1) is 0 Å². The van der Waals surface area contributed by atoms with Crippen LogP contribution in [-0.4, -0.2) is 27.4 Å². The topological polar surface area (TPSA) is 90.4 Å². The Labute approximate surface area is 99.4 Å². The van der Waals surface area contributed by atoms with Crippen molar-refractivity contribution < 1.29 is 14.6 Å². The average molecular weight is 239 g/mol. The van der Waals surface area contributed by atoms with Crippen molar-refractivity contribution in [1.82, 2.24) is 9.78 Å². The van der Waals surface area contributed by atoms with E-state index in [0.717, 1.165) is 19.3 Å². The number of rotatable bonds is 3. The van der Waals surface area contributed by atoms with Gasteiger partial charge in [-0.15, -0.1) is 0 Å². The molecule has 1 atom stereocenters. The van der Waals surface area contributed by atoms with Crippen molar-refractivity contribution in [3.8, 4) is 5.75 Å². The van der Waals surface area contributed by atoms with Gasteiger partial charge in [0.05, 0.1) is 0 Å². The minimum atomic E-state index is -0.677. The molecule has 0 spiro atoms. The Morgan fingerprint density at radius 3 is 2.94 bits per heavy atom. The zero-order valence-corrected chi connectivity index (χ0v) is 9.85. The van der Waals surface area contributed by atoms with Crippen molar-refractivity contribution in [3.05, 3.63) is 11.4 Å². The van der Waals surface area contributed by atoms with Crippen molar-refractivity contribution in [3.63, 3.8) is 0 Å². The van der Waals surface area contributed by atoms with Crippen LogP contribution in [0.4, 0.5) is 0 Å². The van der Waals surface area contributed by atoms with Crippen molar-refractivity contribution in [2.45, 2.75) is 38.8 Å². The van der Waals surface area contributed by atoms with E-state index in [4.69, 9.17) is 10.5 Å². The summed E-state index contributed by atoms with van der Waals surface area (Å²) in [7, 11) is 0. The van der Waals surface area contributed by atoms with E-state index in [1.165, 1.54) is 4.68 Å². The molecule has 0 bridgehead atoms. The first-order valence-electron chi connectivity index (χ1n) is 5.87. The maximum atomic E-state index is 11.4. The lowest BCUT2D eigenvalue weighted by Crippen LogP contribution is -2.25. The van der Waals surface area contributed by atoms with Gasteiger partial charge in [-0.25, -0.2) is 4.68 Å². The summed E-state index contributed by atoms with van der Waals surface area (Å²) < 4.78 is 6.98. The van der Waals surface area contributed by atoms with E-state index < -0.39 is 5.91 Å². The predicted octanol–water partition coefficient (Wildman–Crippen LogP) is 0.949. The number of aromatic hydroxyl groups is 1. The van der Waals surface area contributed by atoms with Crippen molar-refractivity contribution in [2.24, 2.45) is 5.73 Å². The molecule has 2 rings (SSSR count). The fourth-order valence-electron chi connectivity index (χ4n) is 2.07. The van der Waals surface area contributed by atoms with Gasteiger partial charge in [0.1, 0.15) is 5.69 Å². The number of nitrogens with two attached hydrogens (primary N) is 1. The SMILES string of the molecule is CCc1nn(C2CCCCO2)c(C(N)=O)c1O. The second kappa shape index (κ2) is 4.75. The van der Waals surface area contributed by atoms with Gasteiger partial charge in [-0.05, 0) is 25.7 Å². The molecule has 1 aromatic rings. The van der Waals surface area contributed by atoms with Crippen LogP contribution in [0.2, 0.25) is 0 Å². The highest BCUT2D eigenvalue weighted by Gasteiger charge is 2.27. The molecule has 6 heteroatoms. The van der Waals surface area contributed by atoms with E-state index in [2.05, 4.69) is 5.10 Å². The first-order chi connectivity index (χ1) is 8.15. The Hall–Kier alpha value is -1.56. The average Bonchev–Trinajstić information content (AvgIpc) is 2.67. The monoisotopic (exact) mass is 239 g/mol. The van der Waals surface area contributed by atoms with Crippen LogP contribution in [0.3, 0.4) is 0 Å². The lowest BCUT2D eigenvalue weighted by molar-refractivity contribution is -0.0408. The molecule has 94 valence electrons. The molecule has 1 aromatic heterocycles. The molecule has 17 heavy (non-hydrogen) atoms. The number of amides is 1. The number of ether oxygens (including phenoxy) is 1. The fraction of sp³-hybridized carbons (Fsp3) is 0.636. The minimum Gasteiger partial charge on any atom is -0.504 e. The summed E-state index contributed by atoms with van der Waals surface area (Å²) in [5, 5.41) is 14.1. The van der Waals surface area contributed by atoms with Gasteiger partial charge in [0.25, 0.3) is 5.91 Å². The Morgan fingerprint density at radius 2 is 2.41 bits per heavy atom. The van der Waals surface area contributed by atoms with Crippen LogP contribution < -0.4 is 5.73 Å². The van der Waals surface area contributed by atoms with Crippen molar-refractivity contribution in [1.29, 1.82) is 0 Å². The van der Waals surface area contributed by atoms with Crippen LogP contribution >= 0.6 is 0 Å². The molecule has 2 heterocycles. The lowest BCUT2D eigenvalue weighted by Gasteiger charge is -2.23. The maximum Gasteiger partial charge on any atom is 0.270 e. The van der Waals surface area contributed by atoms with E-state index >= 15 is 0 Å². The van der Waals surface area contributed by atoms with Gasteiger partial charge in [-0.1, -0.05) is 6.92 Å². The smallest absolute Gasteiger partial charge is 0.270 e. The molecule has 0 aromatic carbocycles. The molecule has 1 amide bonds. The molecule has 1 fully saturated rings. The van der Waals surface area contributed by atoms with E-state index in [0.29, 0.717) is 18.7 Å². The molecule has 6 nitrogen and oxygen atoms in total. The number of hydrogen-bond acceptors (Lipinski definition) is 4. The molecular weight excluding hydrogens is 222 g/mol. The third-order valence-corrected chi connectivity index (χ3v) is 2.95. The molecule has 1 unspecified atom stereocenters. The Morgan fingerprint density at radius 1 is 1.65 bits per heavy atom. The summed E-state index contributed by atoms with van der Waals surface area (Å²) in [5.41, 5.74) is 5.80. The summed E-state index contributed by atoms with van der Waals surface area (Å²) >= 11 is 0. The summed E-state index contributed by atoms with van der Waals surface area (Å²) in [6.45, 7) is 2.50. The first-order valence-corrected chi connectivity index (χ1v) is 5.87. The van der Waals surface area contributed by atoms with Gasteiger partial charge >= 0.3 is 0 Å². The molecule has 1 aliphatic rings. The third kappa shape index (κ3) is 2.12. The van der Waals surface area contributed by atoms with E-state index in [9.17, 15) is 9.90 Å². The summed E-state index contributed by atoms with van der Waals surface area (Å²) in [5.74, 6) is -0.793. The van der Waals surface area contributed by atoms with E-state index in [1.807, 2.05) is 6.92 Å².